The van der Waals surface area contributed by atoms with Crippen molar-refractivity contribution in [2.24, 2.45) is 0 Å². The Morgan fingerprint density at radius 3 is 2.96 bits per heavy atom. The Morgan fingerprint density at radius 2 is 2.24 bits per heavy atom. The van der Waals surface area contributed by atoms with Crippen LogP contribution in [0.15, 0.2) is 12.1 Å². The summed E-state index contributed by atoms with van der Waals surface area (Å²) in [6, 6.07) is 4.08. The largest absolute Gasteiger partial charge is 0.371 e. The Hall–Kier alpha value is -1.90. The Morgan fingerprint density at radius 1 is 1.40 bits per heavy atom. The molecule has 1 amide bonds. The van der Waals surface area contributed by atoms with Gasteiger partial charge in [0.1, 0.15) is 11.1 Å². The van der Waals surface area contributed by atoms with Crippen LogP contribution < -0.4 is 5.32 Å². The topological polar surface area (TPSA) is 80.2 Å². The average molecular weight is 361 g/mol. The van der Waals surface area contributed by atoms with Gasteiger partial charge >= 0.3 is 0 Å². The summed E-state index contributed by atoms with van der Waals surface area (Å²) in [5, 5.41) is 12.3. The third kappa shape index (κ3) is 5.04. The first kappa shape index (κ1) is 17.9. The molecule has 0 aliphatic carbocycles. The summed E-state index contributed by atoms with van der Waals surface area (Å²) < 4.78 is 5.59. The van der Waals surface area contributed by atoms with E-state index in [1.165, 1.54) is 16.9 Å². The molecule has 0 radical (unpaired) electrons. The zero-order chi connectivity index (χ0) is 17.8. The smallest absolute Gasteiger partial charge is 0.240 e. The fraction of sp³-hybridized carbons (Fsp3) is 0.529. The number of likely N-dealkylation sites (N-methyl/N-ethyl adjacent to an activating group) is 1. The predicted octanol–water partition coefficient (Wildman–Crippen LogP) is 2.47. The monoisotopic (exact) mass is 361 g/mol. The number of anilines is 1. The second kappa shape index (κ2) is 7.99. The lowest BCUT2D eigenvalue weighted by Crippen LogP contribution is -2.30. The summed E-state index contributed by atoms with van der Waals surface area (Å²) in [6.07, 6.45) is 2.04. The number of rotatable bonds is 6. The number of nitrogens with one attached hydrogen (secondary N) is 1. The lowest BCUT2D eigenvalue weighted by atomic mass is 10.2. The van der Waals surface area contributed by atoms with Crippen molar-refractivity contribution in [3.05, 3.63) is 34.1 Å². The summed E-state index contributed by atoms with van der Waals surface area (Å²) in [7, 11) is 1.90. The first-order chi connectivity index (χ1) is 12.0. The predicted molar refractivity (Wildman–Crippen MR) is 96.5 cm³/mol. The van der Waals surface area contributed by atoms with Gasteiger partial charge in [-0.25, -0.2) is 0 Å². The number of amides is 1. The van der Waals surface area contributed by atoms with E-state index in [1.807, 2.05) is 37.9 Å². The molecule has 0 spiro atoms. The molecule has 0 aromatic carbocycles. The van der Waals surface area contributed by atoms with E-state index >= 15 is 0 Å². The van der Waals surface area contributed by atoms with Crippen LogP contribution in [0.2, 0.25) is 0 Å². The van der Waals surface area contributed by atoms with Crippen LogP contribution in [0.1, 0.15) is 40.9 Å². The van der Waals surface area contributed by atoms with E-state index in [0.29, 0.717) is 11.7 Å². The van der Waals surface area contributed by atoms with Gasteiger partial charge in [0.05, 0.1) is 12.2 Å². The molecular formula is C17H23N5O2S. The lowest BCUT2D eigenvalue weighted by Gasteiger charge is -2.15. The van der Waals surface area contributed by atoms with Crippen molar-refractivity contribution in [3.63, 3.8) is 0 Å². The van der Waals surface area contributed by atoms with Crippen LogP contribution >= 0.6 is 11.3 Å². The highest BCUT2D eigenvalue weighted by atomic mass is 32.1. The molecule has 0 bridgehead atoms. The van der Waals surface area contributed by atoms with Crippen molar-refractivity contribution in [2.45, 2.75) is 39.3 Å². The van der Waals surface area contributed by atoms with Crippen molar-refractivity contribution in [3.8, 4) is 0 Å². The van der Waals surface area contributed by atoms with E-state index in [9.17, 15) is 4.79 Å². The van der Waals surface area contributed by atoms with Gasteiger partial charge in [0, 0.05) is 18.8 Å². The number of carbonyl (C=O) groups excluding carboxylic acids is 1. The van der Waals surface area contributed by atoms with Crippen LogP contribution in [0.25, 0.3) is 0 Å². The number of pyridine rings is 1. The molecule has 1 atom stereocenters. The number of hydrogen-bond acceptors (Lipinski definition) is 7. The van der Waals surface area contributed by atoms with E-state index in [4.69, 9.17) is 4.74 Å². The molecule has 1 N–H and O–H groups in total. The minimum Gasteiger partial charge on any atom is -0.371 e. The highest BCUT2D eigenvalue weighted by molar-refractivity contribution is 7.15. The maximum atomic E-state index is 12.2. The SMILES string of the molecule is Cc1cc(C)nc(CN(C)CC(=O)Nc2nnc([C@@H]3CCCO3)s2)c1. The Balaban J connectivity index is 1.51. The van der Waals surface area contributed by atoms with Crippen molar-refractivity contribution >= 4 is 22.4 Å². The number of nitrogens with zero attached hydrogens (tertiary/aromatic N) is 4. The number of carbonyl (C=O) groups is 1. The molecule has 0 unspecified atom stereocenters. The second-order valence-electron chi connectivity index (χ2n) is 6.44. The highest BCUT2D eigenvalue weighted by Gasteiger charge is 2.22. The van der Waals surface area contributed by atoms with Crippen LogP contribution in [-0.4, -0.2) is 46.2 Å². The Kier molecular flexibility index (Phi) is 5.72. The van der Waals surface area contributed by atoms with Gasteiger partial charge in [0.2, 0.25) is 11.0 Å². The molecule has 2 aromatic heterocycles. The first-order valence-corrected chi connectivity index (χ1v) is 9.19. The van der Waals surface area contributed by atoms with Crippen LogP contribution in [0.4, 0.5) is 5.13 Å². The molecule has 1 aliphatic heterocycles. The minimum absolute atomic E-state index is 0.0291. The van der Waals surface area contributed by atoms with E-state index in [0.717, 1.165) is 35.8 Å². The van der Waals surface area contributed by atoms with Crippen LogP contribution in [-0.2, 0) is 16.1 Å². The summed E-state index contributed by atoms with van der Waals surface area (Å²) >= 11 is 1.38. The van der Waals surface area contributed by atoms with Gasteiger partial charge in [-0.3, -0.25) is 20.0 Å². The molecule has 3 heterocycles. The van der Waals surface area contributed by atoms with Crippen molar-refractivity contribution in [2.75, 3.05) is 25.5 Å². The standard InChI is InChI=1S/C17H23N5O2S/c1-11-7-12(2)18-13(8-11)9-22(3)10-15(23)19-17-21-20-16(25-17)14-5-4-6-24-14/h7-8,14H,4-6,9-10H2,1-3H3,(H,19,21,23)/t14-/m0/s1. The zero-order valence-electron chi connectivity index (χ0n) is 14.8. The Labute approximate surface area is 151 Å². The highest BCUT2D eigenvalue weighted by Crippen LogP contribution is 2.31. The number of aromatic nitrogens is 3. The van der Waals surface area contributed by atoms with E-state index in [1.54, 1.807) is 0 Å². The normalized spacial score (nSPS) is 17.2. The number of hydrogen-bond donors (Lipinski definition) is 1. The van der Waals surface area contributed by atoms with Gasteiger partial charge in [-0.1, -0.05) is 11.3 Å². The second-order valence-corrected chi connectivity index (χ2v) is 7.45. The quantitative estimate of drug-likeness (QED) is 0.851. The fourth-order valence-electron chi connectivity index (χ4n) is 2.93. The van der Waals surface area contributed by atoms with E-state index in [2.05, 4.69) is 20.5 Å². The summed E-state index contributed by atoms with van der Waals surface area (Å²) in [6.45, 7) is 5.68. The molecule has 2 aromatic rings. The molecule has 3 rings (SSSR count). The average Bonchev–Trinajstić information content (AvgIpc) is 3.16. The summed E-state index contributed by atoms with van der Waals surface area (Å²) in [5.74, 6) is -0.109. The molecule has 1 saturated heterocycles. The van der Waals surface area contributed by atoms with Gasteiger partial charge < -0.3 is 4.74 Å². The zero-order valence-corrected chi connectivity index (χ0v) is 15.6. The maximum absolute atomic E-state index is 12.2. The lowest BCUT2D eigenvalue weighted by molar-refractivity contribution is -0.117. The van der Waals surface area contributed by atoms with E-state index in [-0.39, 0.29) is 18.6 Å². The van der Waals surface area contributed by atoms with Crippen LogP contribution in [0.3, 0.4) is 0 Å². The molecule has 1 fully saturated rings. The third-order valence-electron chi connectivity index (χ3n) is 3.89. The summed E-state index contributed by atoms with van der Waals surface area (Å²) in [4.78, 5) is 18.6. The van der Waals surface area contributed by atoms with Crippen LogP contribution in [0, 0.1) is 13.8 Å². The Bertz CT molecular complexity index is 722. The molecule has 1 aliphatic rings. The van der Waals surface area contributed by atoms with Gasteiger partial charge in [0.25, 0.3) is 0 Å². The van der Waals surface area contributed by atoms with Gasteiger partial charge in [-0.2, -0.15) is 0 Å². The fourth-order valence-corrected chi connectivity index (χ4v) is 3.77. The molecule has 7 nitrogen and oxygen atoms in total. The minimum atomic E-state index is -0.109. The van der Waals surface area contributed by atoms with Crippen LogP contribution in [0.5, 0.6) is 0 Å². The van der Waals surface area contributed by atoms with Crippen molar-refractivity contribution in [1.29, 1.82) is 0 Å². The number of ether oxygens (including phenoxy) is 1. The van der Waals surface area contributed by atoms with Crippen molar-refractivity contribution in [1.82, 2.24) is 20.1 Å². The van der Waals surface area contributed by atoms with Crippen molar-refractivity contribution < 1.29 is 9.53 Å². The summed E-state index contributed by atoms with van der Waals surface area (Å²) in [5.41, 5.74) is 3.13. The first-order valence-electron chi connectivity index (χ1n) is 8.37. The third-order valence-corrected chi connectivity index (χ3v) is 4.82. The van der Waals surface area contributed by atoms with E-state index < -0.39 is 0 Å². The number of aryl methyl sites for hydroxylation is 2. The van der Waals surface area contributed by atoms with Gasteiger partial charge in [-0.15, -0.1) is 10.2 Å². The van der Waals surface area contributed by atoms with Gasteiger partial charge in [0.15, 0.2) is 0 Å². The van der Waals surface area contributed by atoms with Gasteiger partial charge in [-0.05, 0) is 51.4 Å². The molecule has 0 saturated carbocycles. The molecular weight excluding hydrogens is 338 g/mol. The molecule has 8 heteroatoms. The molecule has 134 valence electrons. The molecule has 25 heavy (non-hydrogen) atoms. The maximum Gasteiger partial charge on any atom is 0.240 e.